The van der Waals surface area contributed by atoms with Crippen LogP contribution in [0.5, 0.6) is 0 Å². The number of halogens is 1. The summed E-state index contributed by atoms with van der Waals surface area (Å²) in [4.78, 5) is 23.1. The van der Waals surface area contributed by atoms with Crippen LogP contribution < -0.4 is 10.0 Å². The van der Waals surface area contributed by atoms with Gasteiger partial charge in [0.15, 0.2) is 0 Å². The summed E-state index contributed by atoms with van der Waals surface area (Å²) in [6.07, 6.45) is 0. The lowest BCUT2D eigenvalue weighted by Crippen LogP contribution is -2.18. The average Bonchev–Trinajstić information content (AvgIpc) is 2.70. The van der Waals surface area contributed by atoms with Crippen molar-refractivity contribution >= 4 is 44.6 Å². The monoisotopic (exact) mass is 431 g/mol. The molecule has 0 unspecified atom stereocenters. The van der Waals surface area contributed by atoms with Crippen LogP contribution in [0.1, 0.15) is 10.4 Å². The van der Waals surface area contributed by atoms with Crippen LogP contribution in [-0.2, 0) is 10.0 Å². The van der Waals surface area contributed by atoms with Crippen LogP contribution in [-0.4, -0.2) is 19.2 Å². The van der Waals surface area contributed by atoms with E-state index >= 15 is 0 Å². The van der Waals surface area contributed by atoms with Crippen LogP contribution in [0.25, 0.3) is 0 Å². The van der Waals surface area contributed by atoms with E-state index in [1.54, 1.807) is 30.3 Å². The first-order valence-corrected chi connectivity index (χ1v) is 10.1. The van der Waals surface area contributed by atoms with Crippen molar-refractivity contribution in [2.75, 3.05) is 10.0 Å². The minimum Gasteiger partial charge on any atom is -0.320 e. The topological polar surface area (TPSA) is 118 Å². The molecule has 10 heteroatoms. The van der Waals surface area contributed by atoms with E-state index in [2.05, 4.69) is 10.0 Å². The van der Waals surface area contributed by atoms with Crippen molar-refractivity contribution in [2.24, 2.45) is 0 Å². The molecule has 0 fully saturated rings. The SMILES string of the molecule is O=C(Nc1cc([N+](=O)[O-])ccc1Cl)c1ccccc1NS(=O)(=O)c1ccccc1. The maximum absolute atomic E-state index is 12.7. The predicted molar refractivity (Wildman–Crippen MR) is 110 cm³/mol. The number of sulfonamides is 1. The van der Waals surface area contributed by atoms with E-state index < -0.39 is 20.9 Å². The summed E-state index contributed by atoms with van der Waals surface area (Å²) >= 11 is 6.01. The molecule has 0 radical (unpaired) electrons. The molecule has 0 spiro atoms. The Hall–Kier alpha value is -3.43. The zero-order chi connectivity index (χ0) is 21.0. The Kier molecular flexibility index (Phi) is 5.81. The molecule has 0 aromatic heterocycles. The predicted octanol–water partition coefficient (Wildman–Crippen LogP) is 4.30. The molecule has 0 saturated carbocycles. The lowest BCUT2D eigenvalue weighted by molar-refractivity contribution is -0.384. The van der Waals surface area contributed by atoms with Crippen LogP contribution in [0, 0.1) is 10.1 Å². The molecule has 0 aliphatic carbocycles. The summed E-state index contributed by atoms with van der Waals surface area (Å²) in [5.41, 5.74) is -0.140. The van der Waals surface area contributed by atoms with Crippen LogP contribution >= 0.6 is 11.6 Å². The van der Waals surface area contributed by atoms with Gasteiger partial charge in [-0.2, -0.15) is 0 Å². The number of carbonyl (C=O) groups is 1. The number of anilines is 2. The number of nitro groups is 1. The van der Waals surface area contributed by atoms with E-state index in [0.717, 1.165) is 6.07 Å². The van der Waals surface area contributed by atoms with Gasteiger partial charge in [0.25, 0.3) is 21.6 Å². The molecule has 8 nitrogen and oxygen atoms in total. The second-order valence-electron chi connectivity index (χ2n) is 5.84. The van der Waals surface area contributed by atoms with Gasteiger partial charge in [0, 0.05) is 12.1 Å². The van der Waals surface area contributed by atoms with Crippen molar-refractivity contribution in [2.45, 2.75) is 4.90 Å². The summed E-state index contributed by atoms with van der Waals surface area (Å²) < 4.78 is 27.5. The number of carbonyl (C=O) groups excluding carboxylic acids is 1. The number of nitro benzene ring substituents is 1. The maximum Gasteiger partial charge on any atom is 0.271 e. The van der Waals surface area contributed by atoms with Crippen LogP contribution in [0.2, 0.25) is 5.02 Å². The van der Waals surface area contributed by atoms with Crippen molar-refractivity contribution in [1.29, 1.82) is 0 Å². The molecular weight excluding hydrogens is 418 g/mol. The fourth-order valence-corrected chi connectivity index (χ4v) is 3.75. The van der Waals surface area contributed by atoms with Crippen LogP contribution in [0.15, 0.2) is 77.7 Å². The first-order chi connectivity index (χ1) is 13.8. The van der Waals surface area contributed by atoms with Gasteiger partial charge < -0.3 is 5.32 Å². The third-order valence-corrected chi connectivity index (χ3v) is 5.59. The van der Waals surface area contributed by atoms with Crippen LogP contribution in [0.4, 0.5) is 17.1 Å². The number of amides is 1. The van der Waals surface area contributed by atoms with E-state index in [1.807, 2.05) is 0 Å². The Balaban J connectivity index is 1.90. The first kappa shape index (κ1) is 20.3. The van der Waals surface area contributed by atoms with Gasteiger partial charge in [-0.3, -0.25) is 19.6 Å². The molecule has 3 aromatic rings. The third kappa shape index (κ3) is 4.71. The molecule has 0 heterocycles. The molecule has 1 amide bonds. The second kappa shape index (κ2) is 8.29. The van der Waals surface area contributed by atoms with E-state index in [4.69, 9.17) is 11.6 Å². The highest BCUT2D eigenvalue weighted by atomic mass is 35.5. The quantitative estimate of drug-likeness (QED) is 0.445. The summed E-state index contributed by atoms with van der Waals surface area (Å²) in [5, 5.41) is 13.5. The van der Waals surface area contributed by atoms with Crippen molar-refractivity contribution < 1.29 is 18.1 Å². The Labute approximate surface area is 171 Å². The van der Waals surface area contributed by atoms with Crippen molar-refractivity contribution in [3.63, 3.8) is 0 Å². The fraction of sp³-hybridized carbons (Fsp3) is 0. The Morgan fingerprint density at radius 3 is 2.28 bits per heavy atom. The third-order valence-electron chi connectivity index (χ3n) is 3.88. The fourth-order valence-electron chi connectivity index (χ4n) is 2.49. The van der Waals surface area contributed by atoms with Crippen molar-refractivity contribution in [1.82, 2.24) is 0 Å². The summed E-state index contributed by atoms with van der Waals surface area (Å²) in [6, 6.07) is 17.3. The Morgan fingerprint density at radius 2 is 1.59 bits per heavy atom. The Bertz CT molecular complexity index is 1180. The Morgan fingerprint density at radius 1 is 0.931 bits per heavy atom. The van der Waals surface area contributed by atoms with E-state index in [0.29, 0.717) is 0 Å². The van der Waals surface area contributed by atoms with Gasteiger partial charge in [-0.15, -0.1) is 0 Å². The molecule has 0 saturated heterocycles. The molecule has 2 N–H and O–H groups in total. The standard InChI is InChI=1S/C19H14ClN3O5S/c20-16-11-10-13(23(25)26)12-18(16)21-19(24)15-8-4-5-9-17(15)22-29(27,28)14-6-2-1-3-7-14/h1-12,22H,(H,21,24). The lowest BCUT2D eigenvalue weighted by Gasteiger charge is -2.13. The van der Waals surface area contributed by atoms with E-state index in [-0.39, 0.29) is 32.5 Å². The lowest BCUT2D eigenvalue weighted by atomic mass is 10.1. The van der Waals surface area contributed by atoms with Gasteiger partial charge in [-0.1, -0.05) is 41.9 Å². The normalized spacial score (nSPS) is 10.9. The van der Waals surface area contributed by atoms with Crippen LogP contribution in [0.3, 0.4) is 0 Å². The molecule has 148 valence electrons. The van der Waals surface area contributed by atoms with E-state index in [1.165, 1.54) is 36.4 Å². The number of hydrogen-bond acceptors (Lipinski definition) is 5. The first-order valence-electron chi connectivity index (χ1n) is 8.20. The van der Waals surface area contributed by atoms with Gasteiger partial charge in [0.2, 0.25) is 0 Å². The second-order valence-corrected chi connectivity index (χ2v) is 7.93. The minimum absolute atomic E-state index is 0.0228. The molecule has 0 aliphatic heterocycles. The zero-order valence-corrected chi connectivity index (χ0v) is 16.3. The molecule has 3 rings (SSSR count). The summed E-state index contributed by atoms with van der Waals surface area (Å²) in [7, 11) is -3.91. The summed E-state index contributed by atoms with van der Waals surface area (Å²) in [6.45, 7) is 0. The molecular formula is C19H14ClN3O5S. The minimum atomic E-state index is -3.91. The van der Waals surface area contributed by atoms with Gasteiger partial charge in [-0.05, 0) is 30.3 Å². The number of para-hydroxylation sites is 1. The van der Waals surface area contributed by atoms with Crippen molar-refractivity contribution in [3.05, 3.63) is 93.5 Å². The largest absolute Gasteiger partial charge is 0.320 e. The highest BCUT2D eigenvalue weighted by Crippen LogP contribution is 2.28. The number of nitrogens with zero attached hydrogens (tertiary/aromatic N) is 1. The van der Waals surface area contributed by atoms with E-state index in [9.17, 15) is 23.3 Å². The number of non-ortho nitro benzene ring substituents is 1. The highest BCUT2D eigenvalue weighted by molar-refractivity contribution is 7.92. The molecule has 0 bridgehead atoms. The molecule has 0 atom stereocenters. The number of nitrogens with one attached hydrogen (secondary N) is 2. The zero-order valence-electron chi connectivity index (χ0n) is 14.7. The highest BCUT2D eigenvalue weighted by Gasteiger charge is 2.19. The van der Waals surface area contributed by atoms with Gasteiger partial charge >= 0.3 is 0 Å². The maximum atomic E-state index is 12.7. The molecule has 29 heavy (non-hydrogen) atoms. The van der Waals surface area contributed by atoms with Gasteiger partial charge in [0.1, 0.15) is 0 Å². The smallest absolute Gasteiger partial charge is 0.271 e. The molecule has 0 aliphatic rings. The van der Waals surface area contributed by atoms with Gasteiger partial charge in [0.05, 0.1) is 31.8 Å². The number of hydrogen-bond donors (Lipinski definition) is 2. The number of benzene rings is 3. The number of rotatable bonds is 6. The summed E-state index contributed by atoms with van der Waals surface area (Å²) in [5.74, 6) is -0.682. The molecule has 3 aromatic carbocycles. The van der Waals surface area contributed by atoms with Crippen molar-refractivity contribution in [3.8, 4) is 0 Å². The van der Waals surface area contributed by atoms with Gasteiger partial charge in [-0.25, -0.2) is 8.42 Å². The average molecular weight is 432 g/mol.